The summed E-state index contributed by atoms with van der Waals surface area (Å²) in [5.74, 6) is 0. The molecule has 0 radical (unpaired) electrons. The molecule has 0 nitrogen and oxygen atoms in total. The van der Waals surface area contributed by atoms with E-state index in [0.717, 1.165) is 6.42 Å². The monoisotopic (exact) mass is 180 g/mol. The van der Waals surface area contributed by atoms with Gasteiger partial charge in [0.15, 0.2) is 0 Å². The van der Waals surface area contributed by atoms with Crippen LogP contribution in [0.25, 0.3) is 0 Å². The van der Waals surface area contributed by atoms with Crippen LogP contribution in [0.5, 0.6) is 0 Å². The number of rotatable bonds is 2. The summed E-state index contributed by atoms with van der Waals surface area (Å²) >= 11 is 4.49. The summed E-state index contributed by atoms with van der Waals surface area (Å²) in [6, 6.07) is 8.64. The zero-order valence-electron chi connectivity index (χ0n) is 7.96. The summed E-state index contributed by atoms with van der Waals surface area (Å²) in [4.78, 5) is 0. The van der Waals surface area contributed by atoms with E-state index in [1.807, 2.05) is 0 Å². The number of hydrogen-bond acceptors (Lipinski definition) is 1. The van der Waals surface area contributed by atoms with Crippen LogP contribution in [0.4, 0.5) is 0 Å². The molecule has 0 fully saturated rings. The van der Waals surface area contributed by atoms with Crippen LogP contribution < -0.4 is 0 Å². The third-order valence-corrected chi connectivity index (χ3v) is 1.92. The molecule has 0 unspecified atom stereocenters. The summed E-state index contributed by atoms with van der Waals surface area (Å²) in [5.41, 5.74) is 2.68. The van der Waals surface area contributed by atoms with E-state index in [2.05, 4.69) is 57.7 Å². The van der Waals surface area contributed by atoms with Crippen molar-refractivity contribution in [3.63, 3.8) is 0 Å². The van der Waals surface area contributed by atoms with Gasteiger partial charge in [-0.1, -0.05) is 43.7 Å². The number of benzene rings is 1. The van der Waals surface area contributed by atoms with Crippen LogP contribution in [0.1, 0.15) is 25.0 Å². The lowest BCUT2D eigenvalue weighted by atomic mass is 10.0. The van der Waals surface area contributed by atoms with Gasteiger partial charge in [0.25, 0.3) is 0 Å². The molecule has 0 spiro atoms. The van der Waals surface area contributed by atoms with Crippen molar-refractivity contribution in [3.05, 3.63) is 35.4 Å². The molecule has 0 aliphatic rings. The van der Waals surface area contributed by atoms with E-state index in [-0.39, 0.29) is 4.75 Å². The Morgan fingerprint density at radius 2 is 1.67 bits per heavy atom. The van der Waals surface area contributed by atoms with Crippen molar-refractivity contribution in [1.82, 2.24) is 0 Å². The molecule has 1 heteroatoms. The molecule has 0 bridgehead atoms. The Kier molecular flexibility index (Phi) is 2.84. The van der Waals surface area contributed by atoms with Gasteiger partial charge in [0.2, 0.25) is 0 Å². The van der Waals surface area contributed by atoms with Crippen molar-refractivity contribution in [1.29, 1.82) is 0 Å². The topological polar surface area (TPSA) is 0 Å². The van der Waals surface area contributed by atoms with Gasteiger partial charge < -0.3 is 0 Å². The average molecular weight is 180 g/mol. The van der Waals surface area contributed by atoms with Crippen LogP contribution in [0.15, 0.2) is 24.3 Å². The maximum Gasteiger partial charge on any atom is 0.0113 e. The van der Waals surface area contributed by atoms with Gasteiger partial charge >= 0.3 is 0 Å². The van der Waals surface area contributed by atoms with Gasteiger partial charge in [0, 0.05) is 4.75 Å². The van der Waals surface area contributed by atoms with E-state index >= 15 is 0 Å². The SMILES string of the molecule is Cc1ccc(CC(C)(C)S)cc1. The molecule has 0 saturated heterocycles. The molecule has 0 saturated carbocycles. The molecule has 0 heterocycles. The molecule has 0 aliphatic carbocycles. The van der Waals surface area contributed by atoms with Gasteiger partial charge in [-0.3, -0.25) is 0 Å². The molecule has 1 rings (SSSR count). The fourth-order valence-corrected chi connectivity index (χ4v) is 1.39. The molecular weight excluding hydrogens is 164 g/mol. The van der Waals surface area contributed by atoms with Gasteiger partial charge in [-0.15, -0.1) is 0 Å². The normalized spacial score (nSPS) is 11.7. The molecule has 1 aromatic rings. The fourth-order valence-electron chi connectivity index (χ4n) is 1.21. The second kappa shape index (κ2) is 3.53. The van der Waals surface area contributed by atoms with Crippen molar-refractivity contribution in [2.45, 2.75) is 31.9 Å². The highest BCUT2D eigenvalue weighted by atomic mass is 32.1. The summed E-state index contributed by atoms with van der Waals surface area (Å²) < 4.78 is 0.0925. The Balaban J connectivity index is 2.71. The quantitative estimate of drug-likeness (QED) is 0.664. The van der Waals surface area contributed by atoms with Gasteiger partial charge in [0.05, 0.1) is 0 Å². The van der Waals surface area contributed by atoms with Crippen molar-refractivity contribution >= 4 is 12.6 Å². The molecule has 12 heavy (non-hydrogen) atoms. The minimum atomic E-state index is 0.0925. The number of aryl methyl sites for hydroxylation is 1. The van der Waals surface area contributed by atoms with Crippen molar-refractivity contribution in [2.24, 2.45) is 0 Å². The number of hydrogen-bond donors (Lipinski definition) is 1. The highest BCUT2D eigenvalue weighted by molar-refractivity contribution is 7.81. The molecule has 1 aromatic carbocycles. The molecular formula is C11H16S. The zero-order chi connectivity index (χ0) is 9.19. The second-order valence-electron chi connectivity index (χ2n) is 3.97. The average Bonchev–Trinajstić information content (AvgIpc) is 1.91. The summed E-state index contributed by atoms with van der Waals surface area (Å²) in [6.45, 7) is 6.38. The molecule has 0 aliphatic heterocycles. The maximum atomic E-state index is 4.49. The second-order valence-corrected chi connectivity index (χ2v) is 5.19. The van der Waals surface area contributed by atoms with Gasteiger partial charge in [-0.25, -0.2) is 0 Å². The van der Waals surface area contributed by atoms with Crippen molar-refractivity contribution in [2.75, 3.05) is 0 Å². The first-order valence-corrected chi connectivity index (χ1v) is 4.70. The third kappa shape index (κ3) is 3.31. The molecule has 0 N–H and O–H groups in total. The first-order valence-electron chi connectivity index (χ1n) is 4.25. The van der Waals surface area contributed by atoms with E-state index in [0.29, 0.717) is 0 Å². The van der Waals surface area contributed by atoms with Crippen LogP contribution in [0, 0.1) is 6.92 Å². The third-order valence-electron chi connectivity index (χ3n) is 1.76. The van der Waals surface area contributed by atoms with Crippen LogP contribution in [0.2, 0.25) is 0 Å². The Labute approximate surface area is 80.4 Å². The molecule has 0 amide bonds. The van der Waals surface area contributed by atoms with Crippen LogP contribution >= 0.6 is 12.6 Å². The molecule has 66 valence electrons. The lowest BCUT2D eigenvalue weighted by molar-refractivity contribution is 0.714. The predicted molar refractivity (Wildman–Crippen MR) is 57.9 cm³/mol. The lowest BCUT2D eigenvalue weighted by Gasteiger charge is -2.16. The Hall–Kier alpha value is -0.430. The molecule has 0 atom stereocenters. The Morgan fingerprint density at radius 3 is 2.08 bits per heavy atom. The van der Waals surface area contributed by atoms with Gasteiger partial charge in [0.1, 0.15) is 0 Å². The lowest BCUT2D eigenvalue weighted by Crippen LogP contribution is -2.13. The highest BCUT2D eigenvalue weighted by Crippen LogP contribution is 2.18. The van der Waals surface area contributed by atoms with Crippen LogP contribution in [-0.4, -0.2) is 4.75 Å². The fraction of sp³-hybridized carbons (Fsp3) is 0.455. The summed E-state index contributed by atoms with van der Waals surface area (Å²) in [7, 11) is 0. The van der Waals surface area contributed by atoms with Gasteiger partial charge in [-0.05, 0) is 18.9 Å². The van der Waals surface area contributed by atoms with Crippen LogP contribution in [0.3, 0.4) is 0 Å². The van der Waals surface area contributed by atoms with E-state index in [1.54, 1.807) is 0 Å². The van der Waals surface area contributed by atoms with E-state index in [4.69, 9.17) is 0 Å². The van der Waals surface area contributed by atoms with Crippen LogP contribution in [-0.2, 0) is 6.42 Å². The predicted octanol–water partition coefficient (Wildman–Crippen LogP) is 3.25. The summed E-state index contributed by atoms with van der Waals surface area (Å²) in [5, 5.41) is 0. The Bertz CT molecular complexity index is 241. The minimum absolute atomic E-state index is 0.0925. The molecule has 0 aromatic heterocycles. The number of thiol groups is 1. The highest BCUT2D eigenvalue weighted by Gasteiger charge is 2.11. The van der Waals surface area contributed by atoms with Crippen molar-refractivity contribution in [3.8, 4) is 0 Å². The largest absolute Gasteiger partial charge is 0.173 e. The summed E-state index contributed by atoms with van der Waals surface area (Å²) in [6.07, 6.45) is 1.02. The van der Waals surface area contributed by atoms with E-state index in [9.17, 15) is 0 Å². The van der Waals surface area contributed by atoms with Gasteiger partial charge in [-0.2, -0.15) is 12.6 Å². The minimum Gasteiger partial charge on any atom is -0.173 e. The first-order chi connectivity index (χ1) is 5.47. The smallest absolute Gasteiger partial charge is 0.0113 e. The maximum absolute atomic E-state index is 4.49. The standard InChI is InChI=1S/C11H16S/c1-9-4-6-10(7-5-9)8-11(2,3)12/h4-7,12H,8H2,1-3H3. The van der Waals surface area contributed by atoms with E-state index in [1.165, 1.54) is 11.1 Å². The zero-order valence-corrected chi connectivity index (χ0v) is 8.86. The first kappa shape index (κ1) is 9.66. The Morgan fingerprint density at radius 1 is 1.17 bits per heavy atom. The van der Waals surface area contributed by atoms with E-state index < -0.39 is 0 Å². The van der Waals surface area contributed by atoms with Crippen molar-refractivity contribution < 1.29 is 0 Å².